The van der Waals surface area contributed by atoms with Crippen LogP contribution in [0.15, 0.2) is 24.3 Å². The Bertz CT molecular complexity index is 584. The summed E-state index contributed by atoms with van der Waals surface area (Å²) >= 11 is 0. The molecule has 2 fully saturated rings. The van der Waals surface area contributed by atoms with Crippen molar-refractivity contribution in [3.05, 3.63) is 29.8 Å². The molecule has 2 unspecified atom stereocenters. The molecule has 2 atom stereocenters. The zero-order chi connectivity index (χ0) is 16.4. The number of hydrogen-bond donors (Lipinski definition) is 1. The molecule has 3 amide bonds. The summed E-state index contributed by atoms with van der Waals surface area (Å²) in [4.78, 5) is 28.0. The standard InChI is InChI=1S/C18H25N3O2/c1-13-5-3-4-6-16(13)20(2)17(22)14-7-9-15(10-8-14)21-12-11-19-18(21)23/h7-10,13,16H,3-6,11-12H2,1-2H3,(H,19,23). The van der Waals surface area contributed by atoms with Gasteiger partial charge in [-0.15, -0.1) is 0 Å². The van der Waals surface area contributed by atoms with Crippen molar-refractivity contribution in [3.63, 3.8) is 0 Å². The van der Waals surface area contributed by atoms with Gasteiger partial charge in [-0.25, -0.2) is 4.79 Å². The summed E-state index contributed by atoms with van der Waals surface area (Å²) < 4.78 is 0. The fourth-order valence-electron chi connectivity index (χ4n) is 3.73. The molecule has 23 heavy (non-hydrogen) atoms. The molecule has 0 radical (unpaired) electrons. The highest BCUT2D eigenvalue weighted by molar-refractivity contribution is 5.97. The molecule has 1 heterocycles. The molecule has 1 saturated heterocycles. The van der Waals surface area contributed by atoms with Crippen molar-refractivity contribution in [1.29, 1.82) is 0 Å². The topological polar surface area (TPSA) is 52.7 Å². The Hall–Kier alpha value is -2.04. The molecule has 0 aromatic heterocycles. The number of nitrogens with zero attached hydrogens (tertiary/aromatic N) is 2. The van der Waals surface area contributed by atoms with Crippen LogP contribution >= 0.6 is 0 Å². The highest BCUT2D eigenvalue weighted by Crippen LogP contribution is 2.28. The molecule has 1 aliphatic heterocycles. The second-order valence-corrected chi connectivity index (χ2v) is 6.68. The van der Waals surface area contributed by atoms with Gasteiger partial charge in [0.05, 0.1) is 0 Å². The van der Waals surface area contributed by atoms with Crippen LogP contribution in [0.2, 0.25) is 0 Å². The minimum Gasteiger partial charge on any atom is -0.338 e. The Morgan fingerprint density at radius 1 is 1.22 bits per heavy atom. The summed E-state index contributed by atoms with van der Waals surface area (Å²) in [6.45, 7) is 3.58. The first kappa shape index (κ1) is 15.8. The molecule has 1 aromatic carbocycles. The Labute approximate surface area is 137 Å². The summed E-state index contributed by atoms with van der Waals surface area (Å²) in [6, 6.07) is 7.63. The number of hydrogen-bond acceptors (Lipinski definition) is 2. The zero-order valence-electron chi connectivity index (χ0n) is 13.9. The predicted molar refractivity (Wildman–Crippen MR) is 90.7 cm³/mol. The minimum absolute atomic E-state index is 0.0705. The molecule has 124 valence electrons. The van der Waals surface area contributed by atoms with Gasteiger partial charge in [-0.1, -0.05) is 19.8 Å². The van der Waals surface area contributed by atoms with Gasteiger partial charge in [-0.2, -0.15) is 0 Å². The third-order valence-electron chi connectivity index (χ3n) is 5.17. The van der Waals surface area contributed by atoms with Gasteiger partial charge in [-0.05, 0) is 43.0 Å². The molecular formula is C18H25N3O2. The SMILES string of the molecule is CC1CCCCC1N(C)C(=O)c1ccc(N2CCNC2=O)cc1. The Kier molecular flexibility index (Phi) is 4.55. The number of urea groups is 1. The Morgan fingerprint density at radius 3 is 2.52 bits per heavy atom. The van der Waals surface area contributed by atoms with E-state index in [2.05, 4.69) is 12.2 Å². The summed E-state index contributed by atoms with van der Waals surface area (Å²) in [5.74, 6) is 0.631. The van der Waals surface area contributed by atoms with Crippen LogP contribution in [-0.2, 0) is 0 Å². The summed E-state index contributed by atoms with van der Waals surface area (Å²) in [5, 5.41) is 2.78. The molecular weight excluding hydrogens is 290 g/mol. The van der Waals surface area contributed by atoms with Crippen LogP contribution in [0.5, 0.6) is 0 Å². The van der Waals surface area contributed by atoms with Crippen LogP contribution in [0, 0.1) is 5.92 Å². The number of carbonyl (C=O) groups excluding carboxylic acids is 2. The molecule has 1 aliphatic carbocycles. The molecule has 1 N–H and O–H groups in total. The number of benzene rings is 1. The monoisotopic (exact) mass is 315 g/mol. The summed E-state index contributed by atoms with van der Waals surface area (Å²) in [6.07, 6.45) is 4.77. The van der Waals surface area contributed by atoms with E-state index < -0.39 is 0 Å². The van der Waals surface area contributed by atoms with E-state index >= 15 is 0 Å². The zero-order valence-corrected chi connectivity index (χ0v) is 13.9. The lowest BCUT2D eigenvalue weighted by Crippen LogP contribution is -2.42. The van der Waals surface area contributed by atoms with Gasteiger partial charge >= 0.3 is 6.03 Å². The molecule has 1 saturated carbocycles. The van der Waals surface area contributed by atoms with E-state index in [4.69, 9.17) is 0 Å². The van der Waals surface area contributed by atoms with Gasteiger partial charge < -0.3 is 10.2 Å². The molecule has 2 aliphatic rings. The lowest BCUT2D eigenvalue weighted by atomic mass is 9.85. The average molecular weight is 315 g/mol. The lowest BCUT2D eigenvalue weighted by Gasteiger charge is -2.36. The molecule has 1 aromatic rings. The average Bonchev–Trinajstić information content (AvgIpc) is 3.00. The molecule has 0 bridgehead atoms. The van der Waals surface area contributed by atoms with Gasteiger partial charge in [0.2, 0.25) is 0 Å². The summed E-state index contributed by atoms with van der Waals surface area (Å²) in [7, 11) is 1.91. The molecule has 5 nitrogen and oxygen atoms in total. The number of nitrogens with one attached hydrogen (secondary N) is 1. The second kappa shape index (κ2) is 6.60. The second-order valence-electron chi connectivity index (χ2n) is 6.68. The van der Waals surface area contributed by atoms with Gasteiger partial charge in [-0.3, -0.25) is 9.69 Å². The molecule has 5 heteroatoms. The van der Waals surface area contributed by atoms with E-state index in [1.54, 1.807) is 4.90 Å². The maximum absolute atomic E-state index is 12.7. The highest BCUT2D eigenvalue weighted by Gasteiger charge is 2.28. The Morgan fingerprint density at radius 2 is 1.91 bits per heavy atom. The highest BCUT2D eigenvalue weighted by atomic mass is 16.2. The van der Waals surface area contributed by atoms with Crippen molar-refractivity contribution in [3.8, 4) is 0 Å². The first-order chi connectivity index (χ1) is 11.1. The smallest absolute Gasteiger partial charge is 0.321 e. The fourth-order valence-corrected chi connectivity index (χ4v) is 3.73. The van der Waals surface area contributed by atoms with Crippen LogP contribution < -0.4 is 10.2 Å². The quantitative estimate of drug-likeness (QED) is 0.932. The number of anilines is 1. The van der Waals surface area contributed by atoms with Crippen LogP contribution in [0.3, 0.4) is 0 Å². The van der Waals surface area contributed by atoms with Crippen LogP contribution in [0.25, 0.3) is 0 Å². The number of carbonyl (C=O) groups is 2. The normalized spacial score (nSPS) is 24.4. The van der Waals surface area contributed by atoms with Crippen LogP contribution in [0.4, 0.5) is 10.5 Å². The first-order valence-electron chi connectivity index (χ1n) is 8.50. The number of amides is 3. The van der Waals surface area contributed by atoms with E-state index in [1.165, 1.54) is 19.3 Å². The van der Waals surface area contributed by atoms with Crippen molar-refractivity contribution in [2.75, 3.05) is 25.0 Å². The van der Waals surface area contributed by atoms with Crippen molar-refractivity contribution >= 4 is 17.6 Å². The largest absolute Gasteiger partial charge is 0.338 e. The maximum atomic E-state index is 12.7. The van der Waals surface area contributed by atoms with Crippen molar-refractivity contribution in [2.45, 2.75) is 38.6 Å². The molecule has 3 rings (SSSR count). The van der Waals surface area contributed by atoms with Crippen molar-refractivity contribution < 1.29 is 9.59 Å². The van der Waals surface area contributed by atoms with Gasteiger partial charge in [0.1, 0.15) is 0 Å². The maximum Gasteiger partial charge on any atom is 0.321 e. The van der Waals surface area contributed by atoms with Gasteiger partial charge in [0.15, 0.2) is 0 Å². The van der Waals surface area contributed by atoms with Crippen LogP contribution in [-0.4, -0.2) is 43.0 Å². The van der Waals surface area contributed by atoms with Gasteiger partial charge in [0, 0.05) is 37.4 Å². The van der Waals surface area contributed by atoms with E-state index in [0.717, 1.165) is 12.1 Å². The molecule has 0 spiro atoms. The fraction of sp³-hybridized carbons (Fsp3) is 0.556. The minimum atomic E-state index is -0.0720. The van der Waals surface area contributed by atoms with E-state index in [-0.39, 0.29) is 11.9 Å². The third kappa shape index (κ3) is 3.19. The Balaban J connectivity index is 1.71. The first-order valence-corrected chi connectivity index (χ1v) is 8.50. The van der Waals surface area contributed by atoms with Crippen LogP contribution in [0.1, 0.15) is 43.0 Å². The van der Waals surface area contributed by atoms with Crippen molar-refractivity contribution in [2.24, 2.45) is 5.92 Å². The van der Waals surface area contributed by atoms with E-state index in [0.29, 0.717) is 30.6 Å². The third-order valence-corrected chi connectivity index (χ3v) is 5.17. The lowest BCUT2D eigenvalue weighted by molar-refractivity contribution is 0.0629. The number of rotatable bonds is 3. The van der Waals surface area contributed by atoms with E-state index in [1.807, 2.05) is 36.2 Å². The summed E-state index contributed by atoms with van der Waals surface area (Å²) in [5.41, 5.74) is 1.53. The predicted octanol–water partition coefficient (Wildman–Crippen LogP) is 2.87. The van der Waals surface area contributed by atoms with Gasteiger partial charge in [0.25, 0.3) is 5.91 Å². The van der Waals surface area contributed by atoms with E-state index in [9.17, 15) is 9.59 Å². The van der Waals surface area contributed by atoms with Crippen molar-refractivity contribution in [1.82, 2.24) is 10.2 Å².